The van der Waals surface area contributed by atoms with Gasteiger partial charge in [-0.2, -0.15) is 5.10 Å². The number of nitrogens with one attached hydrogen (secondary N) is 1. The molecule has 1 fully saturated rings. The van der Waals surface area contributed by atoms with Crippen molar-refractivity contribution in [3.05, 3.63) is 69.2 Å². The number of aromatic hydroxyl groups is 1. The van der Waals surface area contributed by atoms with Crippen LogP contribution in [0.2, 0.25) is 0 Å². The second kappa shape index (κ2) is 10.2. The number of phenolic OH excluding ortho intramolecular Hbond substituents is 1. The second-order valence-electron chi connectivity index (χ2n) is 8.41. The van der Waals surface area contributed by atoms with E-state index in [1.807, 2.05) is 0 Å². The van der Waals surface area contributed by atoms with E-state index in [0.717, 1.165) is 16.2 Å². The molecule has 1 saturated heterocycles. The summed E-state index contributed by atoms with van der Waals surface area (Å²) in [7, 11) is 0. The van der Waals surface area contributed by atoms with E-state index in [1.54, 1.807) is 23.0 Å². The van der Waals surface area contributed by atoms with Gasteiger partial charge in [-0.15, -0.1) is 23.1 Å². The molecule has 4 heterocycles. The molecule has 0 bridgehead atoms. The Bertz CT molecular complexity index is 1630. The summed E-state index contributed by atoms with van der Waals surface area (Å²) in [6.07, 6.45) is 6.38. The predicted octanol–water partition coefficient (Wildman–Crippen LogP) is 0.266. The van der Waals surface area contributed by atoms with E-state index in [4.69, 9.17) is 5.73 Å². The number of phenols is 1. The molecule has 5 rings (SSSR count). The van der Waals surface area contributed by atoms with Crippen LogP contribution in [-0.2, 0) is 20.9 Å². The number of benzene rings is 1. The lowest BCUT2D eigenvalue weighted by molar-refractivity contribution is -0.150. The van der Waals surface area contributed by atoms with Gasteiger partial charge in [0.25, 0.3) is 11.8 Å². The first-order valence-electron chi connectivity index (χ1n) is 11.2. The van der Waals surface area contributed by atoms with E-state index >= 15 is 0 Å². The quantitative estimate of drug-likeness (QED) is 0.113. The summed E-state index contributed by atoms with van der Waals surface area (Å²) >= 11 is 2.31. The van der Waals surface area contributed by atoms with Crippen molar-refractivity contribution < 1.29 is 29.8 Å². The minimum atomic E-state index is -1.30. The van der Waals surface area contributed by atoms with Crippen molar-refractivity contribution in [2.45, 2.75) is 18.0 Å². The van der Waals surface area contributed by atoms with Gasteiger partial charge in [0.2, 0.25) is 5.43 Å². The average Bonchev–Trinajstić information content (AvgIpc) is 3.33. The van der Waals surface area contributed by atoms with Gasteiger partial charge in [-0.25, -0.2) is 9.78 Å². The van der Waals surface area contributed by atoms with E-state index in [-0.39, 0.29) is 34.6 Å². The molecule has 2 unspecified atom stereocenters. The molecule has 0 radical (unpaired) electrons. The fraction of sp³-hybridized carbons (Fsp3) is 0.174. The predicted molar refractivity (Wildman–Crippen MR) is 140 cm³/mol. The zero-order valence-corrected chi connectivity index (χ0v) is 21.3. The SMILES string of the molecule is Nc1nc(/C(=N/O)C(=O)NC2C(=O)N3C(C(=O)O)=C(/C=C/Cn4cc5cc(O)c(=O)cc-5cn4)CSC23)cs1. The van der Waals surface area contributed by atoms with Crippen molar-refractivity contribution in [1.29, 1.82) is 0 Å². The summed E-state index contributed by atoms with van der Waals surface area (Å²) in [5, 5.41) is 39.4. The van der Waals surface area contributed by atoms with Gasteiger partial charge in [-0.05, 0) is 17.7 Å². The number of fused-ring (bicyclic) bond motifs is 2. The number of anilines is 1. The topological polar surface area (TPSA) is 213 Å². The van der Waals surface area contributed by atoms with E-state index < -0.39 is 40.3 Å². The first-order valence-corrected chi connectivity index (χ1v) is 13.1. The molecule has 1 aromatic rings. The van der Waals surface area contributed by atoms with Crippen LogP contribution in [0.5, 0.6) is 5.75 Å². The molecule has 3 aliphatic heterocycles. The molecular weight excluding hydrogens is 550 g/mol. The maximum absolute atomic E-state index is 12.9. The van der Waals surface area contributed by atoms with Crippen LogP contribution in [0.15, 0.2) is 63.3 Å². The largest absolute Gasteiger partial charge is 0.504 e. The minimum Gasteiger partial charge on any atom is -0.504 e. The highest BCUT2D eigenvalue weighted by Crippen LogP contribution is 2.40. The highest BCUT2D eigenvalue weighted by molar-refractivity contribution is 8.00. The molecule has 16 heteroatoms. The van der Waals surface area contributed by atoms with Crippen molar-refractivity contribution >= 4 is 51.7 Å². The third-order valence-corrected chi connectivity index (χ3v) is 7.95. The molecule has 2 amide bonds. The number of carboxylic acids is 1. The molecule has 1 aliphatic carbocycles. The Morgan fingerprint density at radius 2 is 2.08 bits per heavy atom. The number of allylic oxidation sites excluding steroid dienone is 2. The highest BCUT2D eigenvalue weighted by atomic mass is 32.2. The van der Waals surface area contributed by atoms with Gasteiger partial charge in [-0.1, -0.05) is 17.3 Å². The Labute approximate surface area is 227 Å². The van der Waals surface area contributed by atoms with E-state index in [0.29, 0.717) is 16.7 Å². The highest BCUT2D eigenvalue weighted by Gasteiger charge is 2.54. The van der Waals surface area contributed by atoms with Crippen LogP contribution in [0.25, 0.3) is 11.1 Å². The van der Waals surface area contributed by atoms with E-state index in [2.05, 4.69) is 20.6 Å². The lowest BCUT2D eigenvalue weighted by atomic mass is 10.0. The van der Waals surface area contributed by atoms with Gasteiger partial charge in [0.1, 0.15) is 22.8 Å². The van der Waals surface area contributed by atoms with Gasteiger partial charge < -0.3 is 26.5 Å². The summed E-state index contributed by atoms with van der Waals surface area (Å²) in [4.78, 5) is 54.2. The molecule has 2 atom stereocenters. The van der Waals surface area contributed by atoms with Crippen molar-refractivity contribution in [2.24, 2.45) is 5.16 Å². The molecule has 6 N–H and O–H groups in total. The molecule has 1 aromatic heterocycles. The van der Waals surface area contributed by atoms with Crippen LogP contribution < -0.4 is 16.5 Å². The number of oxime groups is 1. The van der Waals surface area contributed by atoms with Crippen LogP contribution in [0.4, 0.5) is 5.13 Å². The number of nitrogens with zero attached hydrogens (tertiary/aromatic N) is 5. The molecule has 0 saturated carbocycles. The normalized spacial score (nSPS) is 19.3. The summed E-state index contributed by atoms with van der Waals surface area (Å²) in [6.45, 7) is 0.247. The standard InChI is InChI=1S/C23H19N7O7S2/c24-23-26-13(9-39-23)16(28-37)19(33)27-17-20(34)30-18(22(35)36)10(8-38-21(17)30)2-1-3-29-7-12-5-15(32)14(31)4-11(12)6-25-29/h1-2,4-7,9,17,21,32,37H,3,8H2,(H2,24,26)(H,27,33)(H,35,36)/b2-1+,28-16-. The third-order valence-electron chi connectivity index (χ3n) is 5.98. The number of carbonyl (C=O) groups is 3. The lowest BCUT2D eigenvalue weighted by Crippen LogP contribution is -2.71. The molecule has 0 spiro atoms. The maximum Gasteiger partial charge on any atom is 0.352 e. The number of thioether (sulfide) groups is 1. The van der Waals surface area contributed by atoms with Gasteiger partial charge in [0, 0.05) is 28.5 Å². The summed E-state index contributed by atoms with van der Waals surface area (Å²) in [5.41, 5.74) is 6.05. The number of carboxylic acid groups (broad SMARTS) is 1. The van der Waals surface area contributed by atoms with Crippen molar-refractivity contribution in [1.82, 2.24) is 25.0 Å². The summed E-state index contributed by atoms with van der Waals surface area (Å²) < 4.78 is 1.54. The zero-order chi connectivity index (χ0) is 27.8. The average molecular weight is 570 g/mol. The molecule has 4 aliphatic rings. The molecular formula is C23H19N7O7S2. The second-order valence-corrected chi connectivity index (χ2v) is 10.4. The first kappa shape index (κ1) is 25.9. The third kappa shape index (κ3) is 4.82. The van der Waals surface area contributed by atoms with Crippen LogP contribution in [0, 0.1) is 0 Å². The number of nitrogen functional groups attached to an aromatic ring is 1. The molecule has 0 aromatic carbocycles. The number of carbonyl (C=O) groups excluding carboxylic acids is 2. The number of hydrogen-bond acceptors (Lipinski definition) is 12. The van der Waals surface area contributed by atoms with Gasteiger partial charge in [-0.3, -0.25) is 24.0 Å². The number of hydrogen-bond donors (Lipinski definition) is 5. The number of nitrogens with two attached hydrogens (primary N) is 1. The van der Waals surface area contributed by atoms with Crippen molar-refractivity contribution in [2.75, 3.05) is 11.5 Å². The Morgan fingerprint density at radius 1 is 1.28 bits per heavy atom. The maximum atomic E-state index is 12.9. The number of aliphatic carboxylic acids is 1. The number of rotatable bonds is 7. The lowest BCUT2D eigenvalue weighted by Gasteiger charge is -2.49. The van der Waals surface area contributed by atoms with Crippen LogP contribution >= 0.6 is 23.1 Å². The van der Waals surface area contributed by atoms with Crippen LogP contribution in [-0.4, -0.2) is 75.7 Å². The Balaban J connectivity index is 1.30. The number of amides is 2. The fourth-order valence-corrected chi connectivity index (χ4v) is 6.01. The van der Waals surface area contributed by atoms with Gasteiger partial charge >= 0.3 is 5.97 Å². The Kier molecular flexibility index (Phi) is 6.80. The van der Waals surface area contributed by atoms with Gasteiger partial charge in [0.15, 0.2) is 16.6 Å². The molecule has 200 valence electrons. The van der Waals surface area contributed by atoms with Gasteiger partial charge in [0.05, 0.1) is 12.7 Å². The summed E-state index contributed by atoms with van der Waals surface area (Å²) in [5.74, 6) is -2.90. The van der Waals surface area contributed by atoms with Crippen molar-refractivity contribution in [3.63, 3.8) is 0 Å². The van der Waals surface area contributed by atoms with E-state index in [1.165, 1.54) is 35.5 Å². The number of thiazole rings is 1. The van der Waals surface area contributed by atoms with Crippen molar-refractivity contribution in [3.8, 4) is 16.9 Å². The van der Waals surface area contributed by atoms with Crippen LogP contribution in [0.3, 0.4) is 0 Å². The smallest absolute Gasteiger partial charge is 0.352 e. The number of β-lactam (4-membered cyclic amide) rings is 1. The molecule has 14 nitrogen and oxygen atoms in total. The fourth-order valence-electron chi connectivity index (χ4n) is 4.15. The Morgan fingerprint density at radius 3 is 2.77 bits per heavy atom. The number of aromatic nitrogens is 3. The van der Waals surface area contributed by atoms with E-state index in [9.17, 15) is 34.6 Å². The zero-order valence-electron chi connectivity index (χ0n) is 19.7. The molecule has 39 heavy (non-hydrogen) atoms. The minimum absolute atomic E-state index is 0.0432. The first-order chi connectivity index (χ1) is 18.7. The monoisotopic (exact) mass is 569 g/mol. The summed E-state index contributed by atoms with van der Waals surface area (Å²) in [6, 6.07) is 1.59. The Hall–Kier alpha value is -4.70. The van der Waals surface area contributed by atoms with Crippen LogP contribution in [0.1, 0.15) is 5.69 Å².